The second-order valence-corrected chi connectivity index (χ2v) is 5.74. The molecule has 0 bridgehead atoms. The summed E-state index contributed by atoms with van der Waals surface area (Å²) < 4.78 is 2.29. The summed E-state index contributed by atoms with van der Waals surface area (Å²) in [4.78, 5) is 12.1. The van der Waals surface area contributed by atoms with Gasteiger partial charge in [0.15, 0.2) is 5.69 Å². The standard InChI is InChI=1S/C15H18BrN3O/c1-4-10(2)11-5-7-12(8-6-11)17-15(20)14-13(16)9-19(3)18-14/h5-10H,4H2,1-3H3,(H,17,20). The fourth-order valence-corrected chi connectivity index (χ4v) is 2.49. The SMILES string of the molecule is CCC(C)c1ccc(NC(=O)c2nn(C)cc2Br)cc1. The highest BCUT2D eigenvalue weighted by Crippen LogP contribution is 2.21. The molecule has 0 fully saturated rings. The van der Waals surface area contributed by atoms with Gasteiger partial charge in [-0.05, 0) is 46.0 Å². The van der Waals surface area contributed by atoms with Crippen molar-refractivity contribution in [2.45, 2.75) is 26.2 Å². The van der Waals surface area contributed by atoms with Crippen LogP contribution in [-0.4, -0.2) is 15.7 Å². The number of carbonyl (C=O) groups excluding carboxylic acids is 1. The maximum Gasteiger partial charge on any atom is 0.277 e. The number of aromatic nitrogens is 2. The van der Waals surface area contributed by atoms with Crippen LogP contribution >= 0.6 is 15.9 Å². The maximum absolute atomic E-state index is 12.1. The van der Waals surface area contributed by atoms with E-state index in [1.165, 1.54) is 5.56 Å². The average molecular weight is 336 g/mol. The van der Waals surface area contributed by atoms with E-state index in [1.54, 1.807) is 17.9 Å². The lowest BCUT2D eigenvalue weighted by Gasteiger charge is -2.10. The Balaban J connectivity index is 2.10. The largest absolute Gasteiger partial charge is 0.321 e. The third-order valence-corrected chi connectivity index (χ3v) is 3.93. The van der Waals surface area contributed by atoms with Crippen LogP contribution in [0.5, 0.6) is 0 Å². The molecular formula is C15H18BrN3O. The number of amides is 1. The van der Waals surface area contributed by atoms with Crippen molar-refractivity contribution in [2.24, 2.45) is 7.05 Å². The third-order valence-electron chi connectivity index (χ3n) is 3.35. The molecule has 0 spiro atoms. The molecule has 4 nitrogen and oxygen atoms in total. The van der Waals surface area contributed by atoms with Gasteiger partial charge in [-0.1, -0.05) is 26.0 Å². The molecule has 1 atom stereocenters. The molecule has 5 heteroatoms. The number of anilines is 1. The number of nitrogens with zero attached hydrogens (tertiary/aromatic N) is 2. The minimum Gasteiger partial charge on any atom is -0.321 e. The van der Waals surface area contributed by atoms with Crippen LogP contribution in [-0.2, 0) is 7.05 Å². The molecule has 0 aliphatic rings. The van der Waals surface area contributed by atoms with Gasteiger partial charge in [0.2, 0.25) is 0 Å². The van der Waals surface area contributed by atoms with E-state index in [1.807, 2.05) is 12.1 Å². The Morgan fingerprint density at radius 1 is 1.40 bits per heavy atom. The lowest BCUT2D eigenvalue weighted by molar-refractivity contribution is 0.102. The Bertz CT molecular complexity index is 604. The summed E-state index contributed by atoms with van der Waals surface area (Å²) in [5, 5.41) is 6.97. The molecular weight excluding hydrogens is 318 g/mol. The van der Waals surface area contributed by atoms with Gasteiger partial charge in [-0.2, -0.15) is 5.10 Å². The smallest absolute Gasteiger partial charge is 0.277 e. The van der Waals surface area contributed by atoms with Crippen molar-refractivity contribution in [1.29, 1.82) is 0 Å². The van der Waals surface area contributed by atoms with Crippen molar-refractivity contribution in [2.75, 3.05) is 5.32 Å². The summed E-state index contributed by atoms with van der Waals surface area (Å²) in [6, 6.07) is 7.96. The van der Waals surface area contributed by atoms with Gasteiger partial charge in [-0.15, -0.1) is 0 Å². The van der Waals surface area contributed by atoms with Crippen molar-refractivity contribution in [3.63, 3.8) is 0 Å². The van der Waals surface area contributed by atoms with Crippen LogP contribution in [0.2, 0.25) is 0 Å². The first-order valence-corrected chi connectivity index (χ1v) is 7.41. The van der Waals surface area contributed by atoms with E-state index in [9.17, 15) is 4.79 Å². The van der Waals surface area contributed by atoms with Gasteiger partial charge in [0.1, 0.15) is 0 Å². The molecule has 1 heterocycles. The zero-order chi connectivity index (χ0) is 14.7. The second-order valence-electron chi connectivity index (χ2n) is 4.88. The number of halogens is 1. The highest BCUT2D eigenvalue weighted by molar-refractivity contribution is 9.10. The summed E-state index contributed by atoms with van der Waals surface area (Å²) in [5.74, 6) is 0.318. The molecule has 20 heavy (non-hydrogen) atoms. The molecule has 1 aromatic carbocycles. The average Bonchev–Trinajstić information content (AvgIpc) is 2.78. The number of nitrogens with one attached hydrogen (secondary N) is 1. The van der Waals surface area contributed by atoms with E-state index in [0.29, 0.717) is 16.1 Å². The molecule has 0 aliphatic carbocycles. The van der Waals surface area contributed by atoms with Crippen molar-refractivity contribution >= 4 is 27.5 Å². The molecule has 1 unspecified atom stereocenters. The molecule has 1 N–H and O–H groups in total. The van der Waals surface area contributed by atoms with E-state index in [0.717, 1.165) is 12.1 Å². The summed E-state index contributed by atoms with van der Waals surface area (Å²) in [6.07, 6.45) is 2.85. The molecule has 2 aromatic rings. The Morgan fingerprint density at radius 3 is 2.55 bits per heavy atom. The van der Waals surface area contributed by atoms with Gasteiger partial charge < -0.3 is 5.32 Å². The fraction of sp³-hybridized carbons (Fsp3) is 0.333. The highest BCUT2D eigenvalue weighted by atomic mass is 79.9. The Kier molecular flexibility index (Phi) is 4.60. The van der Waals surface area contributed by atoms with Crippen LogP contribution in [0, 0.1) is 0 Å². The third kappa shape index (κ3) is 3.28. The van der Waals surface area contributed by atoms with Gasteiger partial charge in [0.25, 0.3) is 5.91 Å². The predicted molar refractivity (Wildman–Crippen MR) is 84.0 cm³/mol. The van der Waals surface area contributed by atoms with Crippen molar-refractivity contribution in [3.8, 4) is 0 Å². The number of hydrogen-bond donors (Lipinski definition) is 1. The molecule has 0 aliphatic heterocycles. The number of benzene rings is 1. The van der Waals surface area contributed by atoms with E-state index >= 15 is 0 Å². The molecule has 1 amide bonds. The van der Waals surface area contributed by atoms with Crippen LogP contribution in [0.1, 0.15) is 42.2 Å². The fourth-order valence-electron chi connectivity index (χ4n) is 1.93. The van der Waals surface area contributed by atoms with E-state index in [4.69, 9.17) is 0 Å². The normalized spacial score (nSPS) is 12.2. The number of rotatable bonds is 4. The Labute approximate surface area is 127 Å². The number of hydrogen-bond acceptors (Lipinski definition) is 2. The van der Waals surface area contributed by atoms with Crippen LogP contribution < -0.4 is 5.32 Å². The van der Waals surface area contributed by atoms with Gasteiger partial charge in [-0.3, -0.25) is 9.48 Å². The molecule has 0 saturated carbocycles. The quantitative estimate of drug-likeness (QED) is 0.919. The van der Waals surface area contributed by atoms with Gasteiger partial charge in [0, 0.05) is 18.9 Å². The van der Waals surface area contributed by atoms with Crippen LogP contribution in [0.15, 0.2) is 34.9 Å². The molecule has 1 aromatic heterocycles. The summed E-state index contributed by atoms with van der Waals surface area (Å²) in [5.41, 5.74) is 2.45. The summed E-state index contributed by atoms with van der Waals surface area (Å²) in [6.45, 7) is 4.36. The highest BCUT2D eigenvalue weighted by Gasteiger charge is 2.14. The van der Waals surface area contributed by atoms with Crippen molar-refractivity contribution in [3.05, 3.63) is 46.2 Å². The van der Waals surface area contributed by atoms with E-state index < -0.39 is 0 Å². The second kappa shape index (κ2) is 6.22. The molecule has 106 valence electrons. The molecule has 0 radical (unpaired) electrons. The van der Waals surface area contributed by atoms with Gasteiger partial charge in [0.05, 0.1) is 4.47 Å². The van der Waals surface area contributed by atoms with Gasteiger partial charge >= 0.3 is 0 Å². The Morgan fingerprint density at radius 2 is 2.05 bits per heavy atom. The van der Waals surface area contributed by atoms with Gasteiger partial charge in [-0.25, -0.2) is 0 Å². The molecule has 2 rings (SSSR count). The first-order chi connectivity index (χ1) is 9.51. The predicted octanol–water partition coefficient (Wildman–Crippen LogP) is 3.95. The monoisotopic (exact) mass is 335 g/mol. The lowest BCUT2D eigenvalue weighted by Crippen LogP contribution is -2.13. The minimum atomic E-state index is -0.214. The zero-order valence-electron chi connectivity index (χ0n) is 11.9. The summed E-state index contributed by atoms with van der Waals surface area (Å²) >= 11 is 3.33. The minimum absolute atomic E-state index is 0.214. The first kappa shape index (κ1) is 14.8. The van der Waals surface area contributed by atoms with Crippen molar-refractivity contribution < 1.29 is 4.79 Å². The maximum atomic E-state index is 12.1. The lowest BCUT2D eigenvalue weighted by atomic mass is 9.99. The van der Waals surface area contributed by atoms with E-state index in [-0.39, 0.29) is 5.91 Å². The Hall–Kier alpha value is -1.62. The van der Waals surface area contributed by atoms with Crippen LogP contribution in [0.3, 0.4) is 0 Å². The first-order valence-electron chi connectivity index (χ1n) is 6.61. The topological polar surface area (TPSA) is 46.9 Å². The van der Waals surface area contributed by atoms with Crippen LogP contribution in [0.25, 0.3) is 0 Å². The number of carbonyl (C=O) groups is 1. The van der Waals surface area contributed by atoms with Crippen LogP contribution in [0.4, 0.5) is 5.69 Å². The number of aryl methyl sites for hydroxylation is 1. The van der Waals surface area contributed by atoms with Crippen molar-refractivity contribution in [1.82, 2.24) is 9.78 Å². The van der Waals surface area contributed by atoms with E-state index in [2.05, 4.69) is 52.3 Å². The molecule has 0 saturated heterocycles. The summed E-state index contributed by atoms with van der Waals surface area (Å²) in [7, 11) is 1.78. The zero-order valence-corrected chi connectivity index (χ0v) is 13.4.